The van der Waals surface area contributed by atoms with Gasteiger partial charge in [0, 0.05) is 44.0 Å². The van der Waals surface area contributed by atoms with E-state index >= 15 is 0 Å². The molecule has 0 spiro atoms. The molecule has 3 aromatic rings. The van der Waals surface area contributed by atoms with E-state index in [0.29, 0.717) is 19.5 Å². The number of hydrogen-bond donors (Lipinski definition) is 2. The molecular formula is C26H31N3O. The van der Waals surface area contributed by atoms with Crippen LogP contribution in [0.4, 0.5) is 5.69 Å². The summed E-state index contributed by atoms with van der Waals surface area (Å²) in [4.78, 5) is 4.83. The van der Waals surface area contributed by atoms with Crippen LogP contribution >= 0.6 is 0 Å². The highest BCUT2D eigenvalue weighted by Crippen LogP contribution is 2.39. The van der Waals surface area contributed by atoms with E-state index in [1.807, 2.05) is 0 Å². The molecule has 0 aliphatic carbocycles. The van der Waals surface area contributed by atoms with Crippen molar-refractivity contribution in [1.29, 1.82) is 0 Å². The molecule has 0 radical (unpaired) electrons. The molecule has 4 rings (SSSR count). The van der Waals surface area contributed by atoms with Crippen molar-refractivity contribution in [3.63, 3.8) is 0 Å². The Labute approximate surface area is 179 Å². The van der Waals surface area contributed by atoms with Crippen molar-refractivity contribution < 1.29 is 5.11 Å². The summed E-state index contributed by atoms with van der Waals surface area (Å²) in [6, 6.07) is 27.9. The number of piperazine rings is 1. The van der Waals surface area contributed by atoms with E-state index in [4.69, 9.17) is 5.73 Å². The van der Waals surface area contributed by atoms with E-state index in [9.17, 15) is 5.11 Å². The SMILES string of the molecule is NCCC(O)CN1CCN(c2cccc(-c3ccccc3)c2-c2ccccc2)CC1. The van der Waals surface area contributed by atoms with Crippen LogP contribution in [0.5, 0.6) is 0 Å². The first-order valence-electron chi connectivity index (χ1n) is 10.9. The number of nitrogens with two attached hydrogens (primary N) is 1. The molecule has 3 N–H and O–H groups in total. The molecule has 156 valence electrons. The molecular weight excluding hydrogens is 370 g/mol. The van der Waals surface area contributed by atoms with Gasteiger partial charge in [-0.1, -0.05) is 72.8 Å². The molecule has 1 aliphatic heterocycles. The zero-order chi connectivity index (χ0) is 20.8. The van der Waals surface area contributed by atoms with Gasteiger partial charge >= 0.3 is 0 Å². The number of rotatable bonds is 7. The van der Waals surface area contributed by atoms with Gasteiger partial charge in [-0.15, -0.1) is 0 Å². The minimum atomic E-state index is -0.331. The highest BCUT2D eigenvalue weighted by atomic mass is 16.3. The predicted octanol–water partition coefficient (Wildman–Crippen LogP) is 3.85. The number of aliphatic hydroxyl groups is 1. The Bertz CT molecular complexity index is 922. The smallest absolute Gasteiger partial charge is 0.0679 e. The Morgan fingerprint density at radius 3 is 2.03 bits per heavy atom. The molecule has 1 heterocycles. The van der Waals surface area contributed by atoms with Gasteiger partial charge in [0.15, 0.2) is 0 Å². The fraction of sp³-hybridized carbons (Fsp3) is 0.308. The van der Waals surface area contributed by atoms with Crippen molar-refractivity contribution in [2.45, 2.75) is 12.5 Å². The monoisotopic (exact) mass is 401 g/mol. The van der Waals surface area contributed by atoms with Gasteiger partial charge in [-0.3, -0.25) is 4.90 Å². The van der Waals surface area contributed by atoms with E-state index in [1.165, 1.54) is 27.9 Å². The summed E-state index contributed by atoms with van der Waals surface area (Å²) in [5.41, 5.74) is 11.9. The molecule has 1 unspecified atom stereocenters. The Balaban J connectivity index is 1.63. The number of benzene rings is 3. The van der Waals surface area contributed by atoms with Crippen LogP contribution in [0, 0.1) is 0 Å². The fourth-order valence-electron chi connectivity index (χ4n) is 4.32. The second kappa shape index (κ2) is 9.90. The highest BCUT2D eigenvalue weighted by Gasteiger charge is 2.22. The molecule has 1 aliphatic rings. The van der Waals surface area contributed by atoms with Gasteiger partial charge in [-0.05, 0) is 35.7 Å². The third-order valence-electron chi connectivity index (χ3n) is 5.87. The number of hydrogen-bond acceptors (Lipinski definition) is 4. The molecule has 3 aromatic carbocycles. The maximum absolute atomic E-state index is 10.1. The largest absolute Gasteiger partial charge is 0.392 e. The molecule has 1 atom stereocenters. The van der Waals surface area contributed by atoms with Gasteiger partial charge in [-0.25, -0.2) is 0 Å². The molecule has 0 saturated carbocycles. The lowest BCUT2D eigenvalue weighted by Gasteiger charge is -2.38. The molecule has 1 saturated heterocycles. The van der Waals surface area contributed by atoms with Gasteiger partial charge in [0.1, 0.15) is 0 Å². The van der Waals surface area contributed by atoms with E-state index in [2.05, 4.69) is 88.7 Å². The average Bonchev–Trinajstić information content (AvgIpc) is 2.80. The van der Waals surface area contributed by atoms with E-state index in [1.54, 1.807) is 0 Å². The standard InChI is InChI=1S/C26H31N3O/c27-15-14-23(30)20-28-16-18-29(19-17-28)25-13-7-12-24(21-8-3-1-4-9-21)26(25)22-10-5-2-6-11-22/h1-13,23,30H,14-20,27H2. The van der Waals surface area contributed by atoms with Crippen molar-refractivity contribution in [2.75, 3.05) is 44.2 Å². The molecule has 1 fully saturated rings. The van der Waals surface area contributed by atoms with Crippen LogP contribution < -0.4 is 10.6 Å². The molecule has 0 aromatic heterocycles. The van der Waals surface area contributed by atoms with Crippen LogP contribution in [0.1, 0.15) is 6.42 Å². The number of nitrogens with zero attached hydrogens (tertiary/aromatic N) is 2. The molecule has 4 heteroatoms. The molecule has 0 amide bonds. The van der Waals surface area contributed by atoms with Crippen molar-refractivity contribution in [3.8, 4) is 22.3 Å². The van der Waals surface area contributed by atoms with Gasteiger partial charge in [0.2, 0.25) is 0 Å². The first-order chi connectivity index (χ1) is 14.8. The summed E-state index contributed by atoms with van der Waals surface area (Å²) in [7, 11) is 0. The normalized spacial score (nSPS) is 15.9. The predicted molar refractivity (Wildman–Crippen MR) is 126 cm³/mol. The summed E-state index contributed by atoms with van der Waals surface area (Å²) in [6.45, 7) is 5.05. The lowest BCUT2D eigenvalue weighted by molar-refractivity contribution is 0.104. The molecule has 0 bridgehead atoms. The number of anilines is 1. The summed E-state index contributed by atoms with van der Waals surface area (Å²) in [5, 5.41) is 10.1. The van der Waals surface area contributed by atoms with Crippen LogP contribution in [-0.2, 0) is 0 Å². The van der Waals surface area contributed by atoms with Crippen LogP contribution in [-0.4, -0.2) is 55.4 Å². The van der Waals surface area contributed by atoms with Crippen molar-refractivity contribution in [2.24, 2.45) is 5.73 Å². The Morgan fingerprint density at radius 2 is 1.40 bits per heavy atom. The summed E-state index contributed by atoms with van der Waals surface area (Å²) >= 11 is 0. The van der Waals surface area contributed by atoms with Gasteiger partial charge in [0.25, 0.3) is 0 Å². The van der Waals surface area contributed by atoms with E-state index in [-0.39, 0.29) is 6.10 Å². The Morgan fingerprint density at radius 1 is 0.767 bits per heavy atom. The summed E-state index contributed by atoms with van der Waals surface area (Å²) < 4.78 is 0. The van der Waals surface area contributed by atoms with Crippen molar-refractivity contribution in [3.05, 3.63) is 78.9 Å². The first kappa shape index (κ1) is 20.6. The lowest BCUT2D eigenvalue weighted by Crippen LogP contribution is -2.49. The number of β-amino-alcohol motifs (C(OH)–C–C–N with tert-alkyl or cyclic N) is 1. The van der Waals surface area contributed by atoms with Crippen molar-refractivity contribution in [1.82, 2.24) is 4.90 Å². The van der Waals surface area contributed by atoms with Crippen LogP contribution in [0.2, 0.25) is 0 Å². The van der Waals surface area contributed by atoms with Crippen LogP contribution in [0.15, 0.2) is 78.9 Å². The second-order valence-electron chi connectivity index (χ2n) is 7.95. The van der Waals surface area contributed by atoms with Gasteiger partial charge in [-0.2, -0.15) is 0 Å². The van der Waals surface area contributed by atoms with E-state index < -0.39 is 0 Å². The third-order valence-corrected chi connectivity index (χ3v) is 5.87. The first-order valence-corrected chi connectivity index (χ1v) is 10.9. The average molecular weight is 402 g/mol. The van der Waals surface area contributed by atoms with Gasteiger partial charge < -0.3 is 15.7 Å². The Hall–Kier alpha value is -2.66. The van der Waals surface area contributed by atoms with E-state index in [0.717, 1.165) is 26.2 Å². The Kier molecular flexibility index (Phi) is 6.80. The lowest BCUT2D eigenvalue weighted by atomic mass is 9.92. The topological polar surface area (TPSA) is 52.7 Å². The third kappa shape index (κ3) is 4.73. The minimum Gasteiger partial charge on any atom is -0.392 e. The van der Waals surface area contributed by atoms with Gasteiger partial charge in [0.05, 0.1) is 6.10 Å². The zero-order valence-electron chi connectivity index (χ0n) is 17.5. The summed E-state index contributed by atoms with van der Waals surface area (Å²) in [6.07, 6.45) is 0.333. The minimum absolute atomic E-state index is 0.331. The van der Waals surface area contributed by atoms with Crippen molar-refractivity contribution >= 4 is 5.69 Å². The fourth-order valence-corrected chi connectivity index (χ4v) is 4.32. The molecule has 30 heavy (non-hydrogen) atoms. The zero-order valence-corrected chi connectivity index (χ0v) is 17.5. The quantitative estimate of drug-likeness (QED) is 0.631. The van der Waals surface area contributed by atoms with Crippen LogP contribution in [0.3, 0.4) is 0 Å². The summed E-state index contributed by atoms with van der Waals surface area (Å²) in [5.74, 6) is 0. The second-order valence-corrected chi connectivity index (χ2v) is 7.95. The maximum Gasteiger partial charge on any atom is 0.0679 e. The van der Waals surface area contributed by atoms with Crippen LogP contribution in [0.25, 0.3) is 22.3 Å². The highest BCUT2D eigenvalue weighted by molar-refractivity contribution is 5.92. The maximum atomic E-state index is 10.1. The number of aliphatic hydroxyl groups excluding tert-OH is 1. The molecule has 4 nitrogen and oxygen atoms in total.